The summed E-state index contributed by atoms with van der Waals surface area (Å²) in [5, 5.41) is 3.95. The largest absolute Gasteiger partial charge is 0.435 e. The van der Waals surface area contributed by atoms with Gasteiger partial charge in [-0.15, -0.1) is 0 Å². The van der Waals surface area contributed by atoms with Crippen molar-refractivity contribution in [2.24, 2.45) is 0 Å². The number of fused-ring (bicyclic) bond motifs is 1. The summed E-state index contributed by atoms with van der Waals surface area (Å²) in [4.78, 5) is 23.9. The second-order valence-electron chi connectivity index (χ2n) is 6.17. The van der Waals surface area contributed by atoms with Gasteiger partial charge >= 0.3 is 6.61 Å². The SMILES string of the molecule is O=c1[nH]cc2cnc(NC3CCC3)nc2c1-c1ccc(OC(F)F)cc1. The van der Waals surface area contributed by atoms with Gasteiger partial charge in [-0.25, -0.2) is 9.97 Å². The van der Waals surface area contributed by atoms with Crippen molar-refractivity contribution in [1.82, 2.24) is 15.0 Å². The van der Waals surface area contributed by atoms with Gasteiger partial charge in [-0.2, -0.15) is 8.78 Å². The molecule has 0 saturated heterocycles. The van der Waals surface area contributed by atoms with Gasteiger partial charge in [0.15, 0.2) is 0 Å². The van der Waals surface area contributed by atoms with Crippen molar-refractivity contribution in [2.45, 2.75) is 31.9 Å². The van der Waals surface area contributed by atoms with Crippen LogP contribution in [0.1, 0.15) is 19.3 Å². The van der Waals surface area contributed by atoms with E-state index in [1.807, 2.05) is 0 Å². The van der Waals surface area contributed by atoms with Crippen LogP contribution in [0.15, 0.2) is 41.5 Å². The third kappa shape index (κ3) is 3.22. The van der Waals surface area contributed by atoms with Crippen LogP contribution < -0.4 is 15.6 Å². The van der Waals surface area contributed by atoms with E-state index >= 15 is 0 Å². The summed E-state index contributed by atoms with van der Waals surface area (Å²) in [5.41, 5.74) is 1.12. The van der Waals surface area contributed by atoms with Crippen molar-refractivity contribution in [3.63, 3.8) is 0 Å². The topological polar surface area (TPSA) is 79.9 Å². The summed E-state index contributed by atoms with van der Waals surface area (Å²) in [6.07, 6.45) is 6.55. The molecule has 8 heteroatoms. The number of H-pyrrole nitrogens is 1. The minimum atomic E-state index is -2.89. The number of nitrogens with zero attached hydrogens (tertiary/aromatic N) is 2. The molecule has 0 bridgehead atoms. The van der Waals surface area contributed by atoms with Crippen molar-refractivity contribution in [2.75, 3.05) is 5.32 Å². The van der Waals surface area contributed by atoms with E-state index in [-0.39, 0.29) is 11.3 Å². The smallest absolute Gasteiger partial charge is 0.387 e. The number of rotatable bonds is 5. The highest BCUT2D eigenvalue weighted by Crippen LogP contribution is 2.27. The maximum atomic E-state index is 12.4. The van der Waals surface area contributed by atoms with Gasteiger partial charge < -0.3 is 15.0 Å². The molecule has 1 aliphatic carbocycles. The van der Waals surface area contributed by atoms with Crippen molar-refractivity contribution in [3.8, 4) is 16.9 Å². The molecule has 134 valence electrons. The third-order valence-corrected chi connectivity index (χ3v) is 4.45. The first-order chi connectivity index (χ1) is 12.6. The van der Waals surface area contributed by atoms with Crippen LogP contribution in [0.2, 0.25) is 0 Å². The van der Waals surface area contributed by atoms with E-state index < -0.39 is 6.61 Å². The third-order valence-electron chi connectivity index (χ3n) is 4.45. The lowest BCUT2D eigenvalue weighted by atomic mass is 9.93. The molecule has 3 aromatic rings. The number of hydrogen-bond donors (Lipinski definition) is 2. The fourth-order valence-electron chi connectivity index (χ4n) is 2.90. The lowest BCUT2D eigenvalue weighted by Gasteiger charge is -2.26. The Morgan fingerprint density at radius 3 is 2.65 bits per heavy atom. The Morgan fingerprint density at radius 2 is 2.00 bits per heavy atom. The Bertz CT molecular complexity index is 985. The zero-order valence-electron chi connectivity index (χ0n) is 13.7. The predicted octanol–water partition coefficient (Wildman–Crippen LogP) is 3.55. The Morgan fingerprint density at radius 1 is 1.23 bits per heavy atom. The Kier molecular flexibility index (Phi) is 4.24. The molecule has 2 heterocycles. The Hall–Kier alpha value is -3.03. The molecule has 0 unspecified atom stereocenters. The average Bonchev–Trinajstić information content (AvgIpc) is 2.58. The van der Waals surface area contributed by atoms with Crippen molar-refractivity contribution < 1.29 is 13.5 Å². The normalized spacial score (nSPS) is 14.4. The summed E-state index contributed by atoms with van der Waals surface area (Å²) >= 11 is 0. The summed E-state index contributed by atoms with van der Waals surface area (Å²) < 4.78 is 28.9. The average molecular weight is 358 g/mol. The lowest BCUT2D eigenvalue weighted by molar-refractivity contribution is -0.0498. The van der Waals surface area contributed by atoms with Gasteiger partial charge in [0.05, 0.1) is 11.1 Å². The van der Waals surface area contributed by atoms with Crippen LogP contribution in [0.4, 0.5) is 14.7 Å². The van der Waals surface area contributed by atoms with Crippen LogP contribution >= 0.6 is 0 Å². The number of hydrogen-bond acceptors (Lipinski definition) is 5. The van der Waals surface area contributed by atoms with E-state index in [0.29, 0.717) is 34.0 Å². The van der Waals surface area contributed by atoms with E-state index in [9.17, 15) is 13.6 Å². The highest BCUT2D eigenvalue weighted by molar-refractivity contribution is 5.92. The molecule has 26 heavy (non-hydrogen) atoms. The standard InChI is InChI=1S/C18H16F2N4O2/c19-17(20)26-13-6-4-10(5-7-13)14-15-11(8-21-16(14)25)9-22-18(24-15)23-12-2-1-3-12/h4-9,12,17H,1-3H2,(H,21,25)(H,22,23,24). The molecule has 1 aliphatic rings. The molecule has 1 aromatic carbocycles. The second kappa shape index (κ2) is 6.70. The summed E-state index contributed by atoms with van der Waals surface area (Å²) in [6.45, 7) is -2.89. The number of aromatic nitrogens is 3. The first-order valence-corrected chi connectivity index (χ1v) is 8.30. The van der Waals surface area contributed by atoms with Crippen molar-refractivity contribution in [1.29, 1.82) is 0 Å². The molecular weight excluding hydrogens is 342 g/mol. The van der Waals surface area contributed by atoms with Gasteiger partial charge in [-0.05, 0) is 37.0 Å². The van der Waals surface area contributed by atoms with Gasteiger partial charge in [-0.3, -0.25) is 4.79 Å². The number of pyridine rings is 1. The molecule has 2 N–H and O–H groups in total. The maximum absolute atomic E-state index is 12.4. The van der Waals surface area contributed by atoms with Crippen LogP contribution in [-0.2, 0) is 0 Å². The zero-order valence-corrected chi connectivity index (χ0v) is 13.7. The summed E-state index contributed by atoms with van der Waals surface area (Å²) in [5.74, 6) is 0.508. The van der Waals surface area contributed by atoms with Gasteiger partial charge in [0.1, 0.15) is 5.75 Å². The van der Waals surface area contributed by atoms with Crippen molar-refractivity contribution in [3.05, 3.63) is 47.0 Å². The minimum Gasteiger partial charge on any atom is -0.435 e. The van der Waals surface area contributed by atoms with Crippen molar-refractivity contribution >= 4 is 16.9 Å². The van der Waals surface area contributed by atoms with Gasteiger partial charge in [0.25, 0.3) is 5.56 Å². The highest BCUT2D eigenvalue weighted by atomic mass is 19.3. The highest BCUT2D eigenvalue weighted by Gasteiger charge is 2.19. The lowest BCUT2D eigenvalue weighted by Crippen LogP contribution is -2.28. The Balaban J connectivity index is 1.75. The van der Waals surface area contributed by atoms with E-state index in [0.717, 1.165) is 12.8 Å². The summed E-state index contributed by atoms with van der Waals surface area (Å²) in [7, 11) is 0. The van der Waals surface area contributed by atoms with E-state index in [2.05, 4.69) is 25.0 Å². The number of ether oxygens (including phenoxy) is 1. The maximum Gasteiger partial charge on any atom is 0.387 e. The number of alkyl halides is 2. The molecule has 0 aliphatic heterocycles. The molecule has 1 saturated carbocycles. The number of halogens is 2. The minimum absolute atomic E-state index is 0.0300. The van der Waals surface area contributed by atoms with Gasteiger partial charge in [-0.1, -0.05) is 12.1 Å². The molecule has 0 atom stereocenters. The molecule has 6 nitrogen and oxygen atoms in total. The molecule has 0 radical (unpaired) electrons. The van der Waals surface area contributed by atoms with E-state index in [4.69, 9.17) is 0 Å². The molecule has 4 rings (SSSR count). The quantitative estimate of drug-likeness (QED) is 0.729. The van der Waals surface area contributed by atoms with Crippen LogP contribution in [-0.4, -0.2) is 27.6 Å². The number of benzene rings is 1. The number of nitrogens with one attached hydrogen (secondary N) is 2. The first kappa shape index (κ1) is 16.4. The fourth-order valence-corrected chi connectivity index (χ4v) is 2.90. The monoisotopic (exact) mass is 358 g/mol. The van der Waals surface area contributed by atoms with Crippen LogP contribution in [0.3, 0.4) is 0 Å². The predicted molar refractivity (Wildman–Crippen MR) is 93.5 cm³/mol. The molecule has 1 fully saturated rings. The molecule has 0 amide bonds. The first-order valence-electron chi connectivity index (χ1n) is 8.30. The number of aromatic amines is 1. The summed E-state index contributed by atoms with van der Waals surface area (Å²) in [6, 6.07) is 6.28. The van der Waals surface area contributed by atoms with Gasteiger partial charge in [0.2, 0.25) is 5.95 Å². The van der Waals surface area contributed by atoms with Crippen LogP contribution in [0.25, 0.3) is 22.0 Å². The zero-order chi connectivity index (χ0) is 18.1. The van der Waals surface area contributed by atoms with E-state index in [1.165, 1.54) is 18.6 Å². The fraction of sp³-hybridized carbons (Fsp3) is 0.278. The Labute approximate surface area is 147 Å². The molecular formula is C18H16F2N4O2. The van der Waals surface area contributed by atoms with Gasteiger partial charge in [0, 0.05) is 23.8 Å². The second-order valence-corrected chi connectivity index (χ2v) is 6.17. The molecule has 0 spiro atoms. The van der Waals surface area contributed by atoms with E-state index in [1.54, 1.807) is 24.5 Å². The molecule has 2 aromatic heterocycles. The van der Waals surface area contributed by atoms with Crippen LogP contribution in [0.5, 0.6) is 5.75 Å². The number of anilines is 1. The van der Waals surface area contributed by atoms with Crippen LogP contribution in [0, 0.1) is 0 Å².